The van der Waals surface area contributed by atoms with E-state index in [1.54, 1.807) is 0 Å². The molecule has 3 rings (SSSR count). The number of alkyl halides is 2. The van der Waals surface area contributed by atoms with Gasteiger partial charge in [-0.15, -0.1) is 0 Å². The van der Waals surface area contributed by atoms with Crippen molar-refractivity contribution in [2.75, 3.05) is 0 Å². The molecule has 28 heavy (non-hydrogen) atoms. The van der Waals surface area contributed by atoms with Gasteiger partial charge in [-0.05, 0) is 67.4 Å². The third kappa shape index (κ3) is 4.45. The maximum Gasteiger partial charge on any atom is 0.389 e. The molecule has 0 heterocycles. The highest BCUT2D eigenvalue weighted by Gasteiger charge is 2.42. The van der Waals surface area contributed by atoms with Gasteiger partial charge in [0.25, 0.3) is 0 Å². The second kappa shape index (κ2) is 8.31. The van der Waals surface area contributed by atoms with Crippen molar-refractivity contribution in [2.45, 2.75) is 63.6 Å². The van der Waals surface area contributed by atoms with Crippen LogP contribution >= 0.6 is 0 Å². The Balaban J connectivity index is 1.77. The van der Waals surface area contributed by atoms with Crippen LogP contribution in [0.25, 0.3) is 0 Å². The summed E-state index contributed by atoms with van der Waals surface area (Å²) in [5, 5.41) is 0. The highest BCUT2D eigenvalue weighted by molar-refractivity contribution is 5.33. The molecule has 1 nitrogen and oxygen atoms in total. The third-order valence-corrected chi connectivity index (χ3v) is 5.50. The van der Waals surface area contributed by atoms with Crippen molar-refractivity contribution >= 4 is 0 Å². The van der Waals surface area contributed by atoms with Crippen LogP contribution in [0.15, 0.2) is 35.9 Å². The number of hydrogen-bond acceptors (Lipinski definition) is 1. The van der Waals surface area contributed by atoms with Crippen molar-refractivity contribution in [3.05, 3.63) is 58.7 Å². The number of halogens is 6. The maximum absolute atomic E-state index is 14.4. The van der Waals surface area contributed by atoms with E-state index in [4.69, 9.17) is 0 Å². The molecule has 7 heteroatoms. The summed E-state index contributed by atoms with van der Waals surface area (Å²) in [6, 6.07) is 1.84. The van der Waals surface area contributed by atoms with Gasteiger partial charge in [0.1, 0.15) is 23.3 Å². The second-order valence-corrected chi connectivity index (χ2v) is 7.49. The van der Waals surface area contributed by atoms with E-state index in [0.717, 1.165) is 50.7 Å². The zero-order chi connectivity index (χ0) is 20.5. The zero-order valence-electron chi connectivity index (χ0n) is 15.5. The molecular weight excluding hydrogens is 382 g/mol. The third-order valence-electron chi connectivity index (χ3n) is 5.50. The Morgan fingerprint density at radius 3 is 1.96 bits per heavy atom. The number of allylic oxidation sites excluding steroid dienone is 2. The van der Waals surface area contributed by atoms with Crippen LogP contribution in [0, 0.1) is 17.6 Å². The highest BCUT2D eigenvalue weighted by atomic mass is 19.3. The van der Waals surface area contributed by atoms with Crippen LogP contribution < -0.4 is 0 Å². The molecule has 0 atom stereocenters. The predicted molar refractivity (Wildman–Crippen MR) is 93.1 cm³/mol. The van der Waals surface area contributed by atoms with Crippen LogP contribution in [0.3, 0.4) is 0 Å². The summed E-state index contributed by atoms with van der Waals surface area (Å²) in [5.41, 5.74) is -1.20. The van der Waals surface area contributed by atoms with Crippen LogP contribution in [-0.2, 0) is 10.8 Å². The molecule has 0 bridgehead atoms. The monoisotopic (exact) mass is 404 g/mol. The topological polar surface area (TPSA) is 9.23 Å². The van der Waals surface area contributed by atoms with Crippen LogP contribution in [0.4, 0.5) is 26.3 Å². The van der Waals surface area contributed by atoms with Crippen LogP contribution in [0.1, 0.15) is 62.5 Å². The molecule has 0 aliphatic heterocycles. The Morgan fingerprint density at radius 1 is 0.929 bits per heavy atom. The van der Waals surface area contributed by atoms with E-state index in [1.807, 2.05) is 0 Å². The van der Waals surface area contributed by atoms with E-state index in [9.17, 15) is 26.3 Å². The van der Waals surface area contributed by atoms with E-state index in [1.165, 1.54) is 0 Å². The standard InChI is InChI=1S/C21H22F6O/c1-2-3-12-4-6-13(7-5-12)14-8-18(24)20(19(25)9-14)21(26,27)28-15-10-16(22)17(23)11-15/h8-13,15H,2-7H2,1H3. The normalized spacial score (nSPS) is 23.7. The quantitative estimate of drug-likeness (QED) is 0.456. The number of rotatable bonds is 6. The molecule has 0 spiro atoms. The van der Waals surface area contributed by atoms with Crippen LogP contribution in [-0.4, -0.2) is 6.10 Å². The van der Waals surface area contributed by atoms with E-state index in [2.05, 4.69) is 11.7 Å². The van der Waals surface area contributed by atoms with Crippen molar-refractivity contribution in [1.29, 1.82) is 0 Å². The van der Waals surface area contributed by atoms with Crippen LogP contribution in [0.2, 0.25) is 0 Å². The van der Waals surface area contributed by atoms with Crippen molar-refractivity contribution in [1.82, 2.24) is 0 Å². The largest absolute Gasteiger partial charge is 0.389 e. The van der Waals surface area contributed by atoms with E-state index in [0.29, 0.717) is 23.6 Å². The molecule has 1 aromatic carbocycles. The first-order chi connectivity index (χ1) is 13.2. The zero-order valence-corrected chi connectivity index (χ0v) is 15.5. The van der Waals surface area contributed by atoms with E-state index < -0.39 is 41.1 Å². The Bertz CT molecular complexity index is 736. The van der Waals surface area contributed by atoms with Gasteiger partial charge in [0.15, 0.2) is 11.7 Å². The lowest BCUT2D eigenvalue weighted by molar-refractivity contribution is -0.259. The number of benzene rings is 1. The molecule has 0 radical (unpaired) electrons. The van der Waals surface area contributed by atoms with Crippen molar-refractivity contribution in [2.24, 2.45) is 5.92 Å². The average Bonchev–Trinajstić information content (AvgIpc) is 2.91. The smallest absolute Gasteiger partial charge is 0.304 e. The fourth-order valence-corrected chi connectivity index (χ4v) is 4.09. The molecule has 0 aromatic heterocycles. The summed E-state index contributed by atoms with van der Waals surface area (Å²) in [5.74, 6) is -5.04. The van der Waals surface area contributed by atoms with Gasteiger partial charge in [-0.3, -0.25) is 0 Å². The molecular formula is C21H22F6O. The van der Waals surface area contributed by atoms with Crippen LogP contribution in [0.5, 0.6) is 0 Å². The minimum Gasteiger partial charge on any atom is -0.304 e. The summed E-state index contributed by atoms with van der Waals surface area (Å²) < 4.78 is 87.6. The van der Waals surface area contributed by atoms with E-state index >= 15 is 0 Å². The summed E-state index contributed by atoms with van der Waals surface area (Å²) in [7, 11) is 0. The summed E-state index contributed by atoms with van der Waals surface area (Å²) in [6.07, 6.45) is 0.420. The molecule has 1 fully saturated rings. The molecule has 1 aromatic rings. The fourth-order valence-electron chi connectivity index (χ4n) is 4.09. The van der Waals surface area contributed by atoms with E-state index in [-0.39, 0.29) is 5.92 Å². The first-order valence-corrected chi connectivity index (χ1v) is 9.51. The summed E-state index contributed by atoms with van der Waals surface area (Å²) in [4.78, 5) is 0. The number of hydrogen-bond donors (Lipinski definition) is 0. The highest BCUT2D eigenvalue weighted by Crippen LogP contribution is 2.41. The Labute approximate surface area is 160 Å². The molecule has 1 saturated carbocycles. The van der Waals surface area contributed by atoms with Gasteiger partial charge in [-0.25, -0.2) is 17.6 Å². The predicted octanol–water partition coefficient (Wildman–Crippen LogP) is 7.19. The summed E-state index contributed by atoms with van der Waals surface area (Å²) >= 11 is 0. The Hall–Kier alpha value is -1.76. The minimum absolute atomic E-state index is 0.0791. The molecule has 0 N–H and O–H groups in total. The van der Waals surface area contributed by atoms with Gasteiger partial charge in [0.05, 0.1) is 0 Å². The van der Waals surface area contributed by atoms with Crippen molar-refractivity contribution < 1.29 is 31.1 Å². The number of ether oxygens (including phenoxy) is 1. The van der Waals surface area contributed by atoms with Gasteiger partial charge in [-0.2, -0.15) is 8.78 Å². The van der Waals surface area contributed by atoms with Gasteiger partial charge in [-0.1, -0.05) is 19.8 Å². The second-order valence-electron chi connectivity index (χ2n) is 7.49. The van der Waals surface area contributed by atoms with Gasteiger partial charge < -0.3 is 4.74 Å². The lowest BCUT2D eigenvalue weighted by Crippen LogP contribution is -2.26. The Kier molecular flexibility index (Phi) is 6.22. The van der Waals surface area contributed by atoms with Crippen molar-refractivity contribution in [3.8, 4) is 0 Å². The molecule has 154 valence electrons. The minimum atomic E-state index is -4.38. The fraction of sp³-hybridized carbons (Fsp3) is 0.524. The van der Waals surface area contributed by atoms with Gasteiger partial charge in [0, 0.05) is 0 Å². The average molecular weight is 404 g/mol. The first kappa shape index (κ1) is 21.0. The maximum atomic E-state index is 14.4. The molecule has 2 aliphatic rings. The lowest BCUT2D eigenvalue weighted by Gasteiger charge is -2.29. The Morgan fingerprint density at radius 2 is 1.46 bits per heavy atom. The van der Waals surface area contributed by atoms with Crippen molar-refractivity contribution in [3.63, 3.8) is 0 Å². The molecule has 0 saturated heterocycles. The first-order valence-electron chi connectivity index (χ1n) is 9.51. The molecule has 2 aliphatic carbocycles. The summed E-state index contributed by atoms with van der Waals surface area (Å²) in [6.45, 7) is 2.11. The lowest BCUT2D eigenvalue weighted by atomic mass is 9.77. The van der Waals surface area contributed by atoms with Gasteiger partial charge >= 0.3 is 6.11 Å². The SMILES string of the molecule is CCCC1CCC(c2cc(F)c(C(F)(F)OC3C=C(F)C(F)=C3)c(F)c2)CC1. The molecule has 0 amide bonds. The molecule has 0 unspecified atom stereocenters. The van der Waals surface area contributed by atoms with Gasteiger partial charge in [0.2, 0.25) is 0 Å².